The molecule has 4 N–H and O–H groups in total. The Labute approximate surface area is 194 Å². The zero-order valence-electron chi connectivity index (χ0n) is 18.4. The van der Waals surface area contributed by atoms with Gasteiger partial charge in [0.1, 0.15) is 0 Å². The lowest BCUT2D eigenvalue weighted by Gasteiger charge is -2.37. The number of hydrogen-bond donors (Lipinski definition) is 4. The van der Waals surface area contributed by atoms with E-state index < -0.39 is 5.41 Å². The smallest absolute Gasteiger partial charge is 0.0701 e. The molecule has 168 valence electrons. The Morgan fingerprint density at radius 3 is 0.667 bits per heavy atom. The first-order valence-electron chi connectivity index (χ1n) is 11.0. The Balaban J connectivity index is 2.05. The normalized spacial score (nSPS) is 11.5. The van der Waals surface area contributed by atoms with Crippen LogP contribution in [0.4, 0.5) is 0 Å². The maximum Gasteiger partial charge on any atom is 0.0701 e. The zero-order valence-corrected chi connectivity index (χ0v) is 18.4. The number of aliphatic hydroxyl groups excluding tert-OH is 4. The van der Waals surface area contributed by atoms with Gasteiger partial charge in [-0.3, -0.25) is 0 Å². The van der Waals surface area contributed by atoms with Crippen molar-refractivity contribution in [1.82, 2.24) is 0 Å². The molecule has 0 aliphatic carbocycles. The molecule has 0 unspecified atom stereocenters. The summed E-state index contributed by atoms with van der Waals surface area (Å²) in [6.07, 6.45) is 0. The number of hydrogen-bond acceptors (Lipinski definition) is 4. The van der Waals surface area contributed by atoms with Crippen LogP contribution in [0.15, 0.2) is 97.1 Å². The highest BCUT2D eigenvalue weighted by molar-refractivity contribution is 5.60. The third-order valence-electron chi connectivity index (χ3n) is 6.28. The Hall–Kier alpha value is -3.28. The van der Waals surface area contributed by atoms with Crippen LogP contribution in [0, 0.1) is 0 Å². The summed E-state index contributed by atoms with van der Waals surface area (Å²) in [5, 5.41) is 38.3. The monoisotopic (exact) mass is 440 g/mol. The molecule has 4 nitrogen and oxygen atoms in total. The summed E-state index contributed by atoms with van der Waals surface area (Å²) in [5.74, 6) is 0. The van der Waals surface area contributed by atoms with Gasteiger partial charge in [0.25, 0.3) is 0 Å². The van der Waals surface area contributed by atoms with Gasteiger partial charge >= 0.3 is 0 Å². The van der Waals surface area contributed by atoms with Crippen LogP contribution in [0.1, 0.15) is 44.5 Å². The third kappa shape index (κ3) is 4.34. The van der Waals surface area contributed by atoms with Gasteiger partial charge in [-0.1, -0.05) is 97.1 Å². The summed E-state index contributed by atoms with van der Waals surface area (Å²) >= 11 is 0. The number of benzene rings is 4. The summed E-state index contributed by atoms with van der Waals surface area (Å²) in [5.41, 5.74) is 6.70. The number of rotatable bonds is 8. The Morgan fingerprint density at radius 2 is 0.515 bits per heavy atom. The van der Waals surface area contributed by atoms with Crippen LogP contribution < -0.4 is 0 Å². The minimum absolute atomic E-state index is 0.0329. The quantitative estimate of drug-likeness (QED) is 0.312. The molecule has 0 bridgehead atoms. The maximum atomic E-state index is 9.58. The van der Waals surface area contributed by atoms with Gasteiger partial charge in [0.05, 0.1) is 31.8 Å². The van der Waals surface area contributed by atoms with Crippen molar-refractivity contribution >= 4 is 0 Å². The molecule has 4 heteroatoms. The molecule has 0 fully saturated rings. The first kappa shape index (κ1) is 22.9. The molecule has 0 heterocycles. The largest absolute Gasteiger partial charge is 0.392 e. The van der Waals surface area contributed by atoms with E-state index in [1.54, 1.807) is 0 Å². The molecule has 0 saturated heterocycles. The first-order chi connectivity index (χ1) is 16.1. The van der Waals surface area contributed by atoms with Crippen molar-refractivity contribution in [3.05, 3.63) is 142 Å². The second-order valence-electron chi connectivity index (χ2n) is 8.17. The second-order valence-corrected chi connectivity index (χ2v) is 8.17. The van der Waals surface area contributed by atoms with Crippen molar-refractivity contribution in [3.8, 4) is 0 Å². The Bertz CT molecular complexity index is 967. The molecule has 0 atom stereocenters. The Morgan fingerprint density at radius 1 is 0.333 bits per heavy atom. The SMILES string of the molecule is OCc1ccc(C(c2ccc(CO)cc2)(c2ccc(CO)cc2)c2ccc(CO)cc2)cc1. The van der Waals surface area contributed by atoms with E-state index >= 15 is 0 Å². The van der Waals surface area contributed by atoms with E-state index in [4.69, 9.17) is 0 Å². The lowest BCUT2D eigenvalue weighted by molar-refractivity contribution is 0.281. The topological polar surface area (TPSA) is 80.9 Å². The molecule has 0 saturated carbocycles. The molecular weight excluding hydrogens is 412 g/mol. The van der Waals surface area contributed by atoms with Crippen LogP contribution in [-0.2, 0) is 31.8 Å². The summed E-state index contributed by atoms with van der Waals surface area (Å²) in [6.45, 7) is -0.131. The van der Waals surface area contributed by atoms with E-state index in [0.717, 1.165) is 44.5 Å². The van der Waals surface area contributed by atoms with Gasteiger partial charge in [0.2, 0.25) is 0 Å². The minimum atomic E-state index is -0.691. The van der Waals surface area contributed by atoms with Crippen molar-refractivity contribution < 1.29 is 20.4 Å². The summed E-state index contributed by atoms with van der Waals surface area (Å²) in [7, 11) is 0. The van der Waals surface area contributed by atoms with Crippen LogP contribution in [0.25, 0.3) is 0 Å². The van der Waals surface area contributed by atoms with E-state index in [1.165, 1.54) is 0 Å². The summed E-state index contributed by atoms with van der Waals surface area (Å²) in [4.78, 5) is 0. The highest BCUT2D eigenvalue weighted by Crippen LogP contribution is 2.45. The third-order valence-corrected chi connectivity index (χ3v) is 6.28. The number of aliphatic hydroxyl groups is 4. The van der Waals surface area contributed by atoms with Crippen molar-refractivity contribution in [3.63, 3.8) is 0 Å². The maximum absolute atomic E-state index is 9.58. The van der Waals surface area contributed by atoms with Crippen LogP contribution in [0.2, 0.25) is 0 Å². The molecule has 0 aliphatic heterocycles. The van der Waals surface area contributed by atoms with Crippen molar-refractivity contribution in [2.24, 2.45) is 0 Å². The van der Waals surface area contributed by atoms with E-state index in [1.807, 2.05) is 97.1 Å². The van der Waals surface area contributed by atoms with Gasteiger partial charge in [0, 0.05) is 0 Å². The van der Waals surface area contributed by atoms with E-state index in [-0.39, 0.29) is 26.4 Å². The van der Waals surface area contributed by atoms with Crippen LogP contribution in [-0.4, -0.2) is 20.4 Å². The van der Waals surface area contributed by atoms with Gasteiger partial charge in [-0.05, 0) is 44.5 Å². The van der Waals surface area contributed by atoms with E-state index in [2.05, 4.69) is 0 Å². The molecule has 4 rings (SSSR count). The second kappa shape index (κ2) is 10.1. The average molecular weight is 441 g/mol. The highest BCUT2D eigenvalue weighted by Gasteiger charge is 2.38. The molecule has 0 radical (unpaired) electrons. The predicted octanol–water partition coefficient (Wildman–Crippen LogP) is 4.04. The molecule has 0 amide bonds. The summed E-state index contributed by atoms with van der Waals surface area (Å²) in [6, 6.07) is 31.7. The lowest BCUT2D eigenvalue weighted by Crippen LogP contribution is -2.31. The van der Waals surface area contributed by atoms with E-state index in [9.17, 15) is 20.4 Å². The fraction of sp³-hybridized carbons (Fsp3) is 0.172. The van der Waals surface area contributed by atoms with Gasteiger partial charge < -0.3 is 20.4 Å². The first-order valence-corrected chi connectivity index (χ1v) is 11.0. The van der Waals surface area contributed by atoms with Gasteiger partial charge in [0.15, 0.2) is 0 Å². The standard InChI is InChI=1S/C29H28O4/c30-17-21-1-9-25(10-2-21)29(26-11-3-22(18-31)4-12-26,27-13-5-23(19-32)6-14-27)28-15-7-24(20-33)8-16-28/h1-16,30-33H,17-20H2. The Kier molecular flexibility index (Phi) is 7.02. The molecule has 0 aromatic heterocycles. The molecule has 33 heavy (non-hydrogen) atoms. The van der Waals surface area contributed by atoms with Crippen LogP contribution >= 0.6 is 0 Å². The highest BCUT2D eigenvalue weighted by atomic mass is 16.3. The van der Waals surface area contributed by atoms with E-state index in [0.29, 0.717) is 0 Å². The average Bonchev–Trinajstić information content (AvgIpc) is 2.90. The van der Waals surface area contributed by atoms with Gasteiger partial charge in [-0.2, -0.15) is 0 Å². The van der Waals surface area contributed by atoms with Crippen LogP contribution in [0.3, 0.4) is 0 Å². The summed E-state index contributed by atoms with van der Waals surface area (Å²) < 4.78 is 0. The minimum Gasteiger partial charge on any atom is -0.392 e. The van der Waals surface area contributed by atoms with Crippen molar-refractivity contribution in [2.45, 2.75) is 31.8 Å². The molecule has 0 spiro atoms. The van der Waals surface area contributed by atoms with Gasteiger partial charge in [-0.15, -0.1) is 0 Å². The van der Waals surface area contributed by atoms with Gasteiger partial charge in [-0.25, -0.2) is 0 Å². The molecule has 4 aromatic carbocycles. The fourth-order valence-corrected chi connectivity index (χ4v) is 4.44. The van der Waals surface area contributed by atoms with Crippen molar-refractivity contribution in [1.29, 1.82) is 0 Å². The van der Waals surface area contributed by atoms with Crippen LogP contribution in [0.5, 0.6) is 0 Å². The zero-order chi connectivity index (χ0) is 23.3. The lowest BCUT2D eigenvalue weighted by atomic mass is 9.65. The fourth-order valence-electron chi connectivity index (χ4n) is 4.44. The van der Waals surface area contributed by atoms with Crippen molar-refractivity contribution in [2.75, 3.05) is 0 Å². The molecular formula is C29H28O4. The molecule has 0 aliphatic rings. The predicted molar refractivity (Wildman–Crippen MR) is 128 cm³/mol. The molecule has 4 aromatic rings.